The Morgan fingerprint density at radius 1 is 1.17 bits per heavy atom. The third-order valence-corrected chi connectivity index (χ3v) is 8.19. The van der Waals surface area contributed by atoms with Gasteiger partial charge in [-0.3, -0.25) is 4.31 Å². The van der Waals surface area contributed by atoms with E-state index in [9.17, 15) is 21.2 Å². The maximum absolute atomic E-state index is 13.6. The summed E-state index contributed by atoms with van der Waals surface area (Å²) in [5, 5.41) is 5.86. The summed E-state index contributed by atoms with van der Waals surface area (Å²) in [6.45, 7) is -0.0446. The smallest absolute Gasteiger partial charge is 0.232 e. The monoisotopic (exact) mass is 532 g/mol. The number of rotatable bonds is 9. The summed E-state index contributed by atoms with van der Waals surface area (Å²) >= 11 is 0. The van der Waals surface area contributed by atoms with Crippen molar-refractivity contribution in [2.45, 2.75) is 25.2 Å². The Morgan fingerprint density at radius 3 is 2.47 bits per heavy atom. The SMILES string of the molecule is CS(=O)(=O)N(CCCS(N)(=O)=O)c1cc2oc(-c3ccc(F)cc3)c(-c3ncc[nH]3)c2cc1C1CC1. The first-order valence-corrected chi connectivity index (χ1v) is 14.9. The number of nitrogens with one attached hydrogen (secondary N) is 1. The van der Waals surface area contributed by atoms with Crippen LogP contribution in [-0.4, -0.2) is 45.4 Å². The van der Waals surface area contributed by atoms with E-state index in [-0.39, 0.29) is 30.5 Å². The predicted molar refractivity (Wildman–Crippen MR) is 136 cm³/mol. The summed E-state index contributed by atoms with van der Waals surface area (Å²) in [5.41, 5.74) is 3.05. The van der Waals surface area contributed by atoms with Crippen LogP contribution in [0.2, 0.25) is 0 Å². The van der Waals surface area contributed by atoms with Crippen LogP contribution in [0, 0.1) is 5.82 Å². The van der Waals surface area contributed by atoms with Gasteiger partial charge in [0, 0.05) is 36.0 Å². The van der Waals surface area contributed by atoms with Gasteiger partial charge in [0.05, 0.1) is 23.3 Å². The van der Waals surface area contributed by atoms with Crippen molar-refractivity contribution in [2.24, 2.45) is 5.14 Å². The number of H-pyrrole nitrogens is 1. The number of halogens is 1. The number of fused-ring (bicyclic) bond motifs is 1. The molecule has 0 aliphatic heterocycles. The average molecular weight is 533 g/mol. The van der Waals surface area contributed by atoms with Crippen molar-refractivity contribution in [1.82, 2.24) is 9.97 Å². The Labute approximate surface area is 208 Å². The third kappa shape index (κ3) is 5.01. The topological polar surface area (TPSA) is 139 Å². The van der Waals surface area contributed by atoms with Gasteiger partial charge in [-0.2, -0.15) is 0 Å². The first kappa shape index (κ1) is 24.5. The zero-order valence-corrected chi connectivity index (χ0v) is 21.1. The lowest BCUT2D eigenvalue weighted by molar-refractivity contribution is 0.588. The minimum Gasteiger partial charge on any atom is -0.455 e. The van der Waals surface area contributed by atoms with E-state index in [0.29, 0.717) is 34.0 Å². The molecule has 0 saturated heterocycles. The first-order valence-electron chi connectivity index (χ1n) is 11.4. The molecule has 12 heteroatoms. The van der Waals surface area contributed by atoms with Crippen molar-refractivity contribution in [1.29, 1.82) is 0 Å². The van der Waals surface area contributed by atoms with Gasteiger partial charge in [0.15, 0.2) is 0 Å². The Kier molecular flexibility index (Phi) is 6.13. The van der Waals surface area contributed by atoms with Gasteiger partial charge >= 0.3 is 0 Å². The molecule has 2 aromatic heterocycles. The molecule has 190 valence electrons. The molecule has 2 aromatic carbocycles. The van der Waals surface area contributed by atoms with E-state index < -0.39 is 20.0 Å². The van der Waals surface area contributed by atoms with Crippen molar-refractivity contribution in [3.63, 3.8) is 0 Å². The predicted octanol–water partition coefficient (Wildman–Crippen LogP) is 3.95. The van der Waals surface area contributed by atoms with Crippen LogP contribution in [0.1, 0.15) is 30.7 Å². The summed E-state index contributed by atoms with van der Waals surface area (Å²) in [6.07, 6.45) is 6.26. The number of anilines is 1. The number of aromatic amines is 1. The molecule has 3 N–H and O–H groups in total. The Bertz CT molecular complexity index is 1630. The van der Waals surface area contributed by atoms with Crippen molar-refractivity contribution >= 4 is 36.7 Å². The lowest BCUT2D eigenvalue weighted by Crippen LogP contribution is -2.33. The Morgan fingerprint density at radius 2 is 1.89 bits per heavy atom. The number of sulfonamides is 2. The van der Waals surface area contributed by atoms with Crippen LogP contribution in [0.3, 0.4) is 0 Å². The maximum atomic E-state index is 13.6. The molecule has 0 amide bonds. The molecule has 2 heterocycles. The van der Waals surface area contributed by atoms with E-state index >= 15 is 0 Å². The summed E-state index contributed by atoms with van der Waals surface area (Å²) in [5.74, 6) is 0.490. The molecule has 0 bridgehead atoms. The van der Waals surface area contributed by atoms with Crippen LogP contribution in [0.25, 0.3) is 33.7 Å². The second-order valence-electron chi connectivity index (χ2n) is 8.99. The standard InChI is InChI=1S/C24H25FN4O5S2/c1-35(30,31)29(11-2-12-36(26,32)33)20-14-21-19(13-18(20)15-3-4-15)22(24-27-9-10-28-24)23(34-21)16-5-7-17(25)8-6-16/h5-10,13-15H,2-4,11-12H2,1H3,(H,27,28)(H2,26,32,33). The van der Waals surface area contributed by atoms with Crippen LogP contribution in [-0.2, 0) is 20.0 Å². The number of benzene rings is 2. The van der Waals surface area contributed by atoms with Gasteiger partial charge in [-0.15, -0.1) is 0 Å². The number of nitrogens with two attached hydrogens (primary N) is 1. The first-order chi connectivity index (χ1) is 17.0. The molecule has 0 radical (unpaired) electrons. The number of hydrogen-bond acceptors (Lipinski definition) is 6. The molecule has 1 fully saturated rings. The molecular weight excluding hydrogens is 507 g/mol. The number of furan rings is 1. The van der Waals surface area contributed by atoms with Crippen molar-refractivity contribution in [3.05, 3.63) is 60.2 Å². The molecule has 0 atom stereocenters. The largest absolute Gasteiger partial charge is 0.455 e. The number of aromatic nitrogens is 2. The fraction of sp³-hybridized carbons (Fsp3) is 0.292. The molecule has 36 heavy (non-hydrogen) atoms. The summed E-state index contributed by atoms with van der Waals surface area (Å²) < 4.78 is 69.5. The highest BCUT2D eigenvalue weighted by molar-refractivity contribution is 7.92. The van der Waals surface area contributed by atoms with Gasteiger partial charge in [-0.05, 0) is 61.1 Å². The zero-order valence-electron chi connectivity index (χ0n) is 19.4. The van der Waals surface area contributed by atoms with Crippen LogP contribution < -0.4 is 9.44 Å². The molecule has 0 spiro atoms. The number of nitrogens with zero attached hydrogens (tertiary/aromatic N) is 2. The third-order valence-electron chi connectivity index (χ3n) is 6.15. The number of hydrogen-bond donors (Lipinski definition) is 2. The minimum absolute atomic E-state index is 0.0446. The molecule has 9 nitrogen and oxygen atoms in total. The molecule has 1 saturated carbocycles. The molecular formula is C24H25FN4O5S2. The van der Waals surface area contributed by atoms with Gasteiger partial charge in [0.25, 0.3) is 0 Å². The van der Waals surface area contributed by atoms with Gasteiger partial charge < -0.3 is 9.40 Å². The highest BCUT2D eigenvalue weighted by Gasteiger charge is 2.32. The van der Waals surface area contributed by atoms with Gasteiger partial charge in [0.2, 0.25) is 20.0 Å². The van der Waals surface area contributed by atoms with E-state index in [1.54, 1.807) is 30.6 Å². The summed E-state index contributed by atoms with van der Waals surface area (Å²) in [7, 11) is -7.47. The van der Waals surface area contributed by atoms with Gasteiger partial charge in [-0.25, -0.2) is 31.3 Å². The Hall–Kier alpha value is -3.22. The molecule has 4 aromatic rings. The van der Waals surface area contributed by atoms with Crippen LogP contribution >= 0.6 is 0 Å². The van der Waals surface area contributed by atoms with Crippen molar-refractivity contribution < 1.29 is 25.6 Å². The zero-order chi connectivity index (χ0) is 25.7. The average Bonchev–Trinajstić information content (AvgIpc) is 3.36. The normalized spacial score (nSPS) is 14.4. The number of primary sulfonamides is 1. The lowest BCUT2D eigenvalue weighted by atomic mass is 10.0. The van der Waals surface area contributed by atoms with E-state index in [4.69, 9.17) is 9.56 Å². The van der Waals surface area contributed by atoms with Crippen LogP contribution in [0.15, 0.2) is 53.2 Å². The highest BCUT2D eigenvalue weighted by Crippen LogP contribution is 2.49. The highest BCUT2D eigenvalue weighted by atomic mass is 32.2. The molecule has 5 rings (SSSR count). The van der Waals surface area contributed by atoms with Gasteiger partial charge in [-0.1, -0.05) is 0 Å². The van der Waals surface area contributed by atoms with Crippen molar-refractivity contribution in [3.8, 4) is 22.7 Å². The fourth-order valence-corrected chi connectivity index (χ4v) is 5.91. The lowest BCUT2D eigenvalue weighted by Gasteiger charge is -2.25. The summed E-state index contributed by atoms with van der Waals surface area (Å²) in [6, 6.07) is 9.50. The minimum atomic E-state index is -3.74. The van der Waals surface area contributed by atoms with Crippen LogP contribution in [0.5, 0.6) is 0 Å². The van der Waals surface area contributed by atoms with Crippen LogP contribution in [0.4, 0.5) is 10.1 Å². The van der Waals surface area contributed by atoms with E-state index in [2.05, 4.69) is 9.97 Å². The maximum Gasteiger partial charge on any atom is 0.232 e. The van der Waals surface area contributed by atoms with E-state index in [1.165, 1.54) is 16.4 Å². The molecule has 1 aliphatic rings. The van der Waals surface area contributed by atoms with E-state index in [1.807, 2.05) is 6.07 Å². The Balaban J connectivity index is 1.70. The summed E-state index contributed by atoms with van der Waals surface area (Å²) in [4.78, 5) is 7.50. The second kappa shape index (κ2) is 9.02. The van der Waals surface area contributed by atoms with Crippen molar-refractivity contribution in [2.75, 3.05) is 22.9 Å². The number of imidazole rings is 1. The molecule has 1 aliphatic carbocycles. The second-order valence-corrected chi connectivity index (χ2v) is 12.6. The fourth-order valence-electron chi connectivity index (χ4n) is 4.40. The van der Waals surface area contributed by atoms with E-state index in [0.717, 1.165) is 30.0 Å². The van der Waals surface area contributed by atoms with Gasteiger partial charge in [0.1, 0.15) is 23.0 Å². The molecule has 0 unspecified atom stereocenters. The quantitative estimate of drug-likeness (QED) is 0.335.